The van der Waals surface area contributed by atoms with Crippen LogP contribution in [0, 0.1) is 6.92 Å². The molecule has 2 aromatic carbocycles. The lowest BCUT2D eigenvalue weighted by molar-refractivity contribution is 0.0995. The van der Waals surface area contributed by atoms with Gasteiger partial charge in [-0.05, 0) is 60.4 Å². The zero-order valence-electron chi connectivity index (χ0n) is 20.0. The van der Waals surface area contributed by atoms with E-state index in [-0.39, 0.29) is 12.5 Å². The molecule has 1 aliphatic rings. The minimum absolute atomic E-state index is 0.182. The van der Waals surface area contributed by atoms with Crippen LogP contribution < -0.4 is 15.8 Å². The van der Waals surface area contributed by atoms with E-state index in [0.29, 0.717) is 36.5 Å². The smallest absolute Gasteiger partial charge is 0.249 e. The van der Waals surface area contributed by atoms with E-state index in [0.717, 1.165) is 33.8 Å². The maximum Gasteiger partial charge on any atom is 0.249 e. The Balaban J connectivity index is 1.31. The van der Waals surface area contributed by atoms with E-state index < -0.39 is 12.0 Å². The summed E-state index contributed by atoms with van der Waals surface area (Å²) < 4.78 is 11.2. The highest BCUT2D eigenvalue weighted by atomic mass is 16.5. The average Bonchev–Trinajstić information content (AvgIpc) is 3.32. The van der Waals surface area contributed by atoms with Crippen molar-refractivity contribution in [2.45, 2.75) is 45.1 Å². The predicted octanol–water partition coefficient (Wildman–Crippen LogP) is 3.34. The van der Waals surface area contributed by atoms with Gasteiger partial charge < -0.3 is 25.3 Å². The Morgan fingerprint density at radius 3 is 2.83 bits per heavy atom. The molecule has 1 aliphatic heterocycles. The number of hydrogen-bond donors (Lipinski definition) is 3. The number of fused-ring (bicyclic) bond motifs is 1. The molecule has 0 spiro atoms. The summed E-state index contributed by atoms with van der Waals surface area (Å²) in [5, 5.41) is 14.7. The first-order valence-electron chi connectivity index (χ1n) is 11.9. The number of primary amides is 1. The monoisotopic (exact) mass is 484 g/mol. The number of rotatable bonds is 8. The van der Waals surface area contributed by atoms with Gasteiger partial charge in [0.25, 0.3) is 0 Å². The number of nitrogens with two attached hydrogens (primary N) is 1. The largest absolute Gasteiger partial charge is 0.486 e. The van der Waals surface area contributed by atoms with Gasteiger partial charge in [0, 0.05) is 36.3 Å². The van der Waals surface area contributed by atoms with E-state index in [4.69, 9.17) is 14.9 Å². The first kappa shape index (κ1) is 23.7. The van der Waals surface area contributed by atoms with Crippen LogP contribution >= 0.6 is 0 Å². The maximum absolute atomic E-state index is 12.2. The Labute approximate surface area is 209 Å². The standard InChI is InChI=1S/C28H28N4O4/c1-17-27(36-16-32-17)15-35-20-9-8-18-12-25(31-14-19(18)11-20)26(33)13-23-21(24-7-2-3-10-30-24)5-4-6-22(23)28(29)34/h2-11,16,25-26,31,33H,12-15H2,1H3,(H2,29,34)/t25-,26+/m0/s1. The van der Waals surface area contributed by atoms with E-state index in [9.17, 15) is 9.90 Å². The van der Waals surface area contributed by atoms with Crippen molar-refractivity contribution in [2.24, 2.45) is 5.73 Å². The van der Waals surface area contributed by atoms with Gasteiger partial charge in [-0.2, -0.15) is 0 Å². The molecule has 184 valence electrons. The van der Waals surface area contributed by atoms with Crippen LogP contribution in [0.3, 0.4) is 0 Å². The minimum Gasteiger partial charge on any atom is -0.486 e. The van der Waals surface area contributed by atoms with Crippen LogP contribution in [0.15, 0.2) is 71.6 Å². The van der Waals surface area contributed by atoms with Gasteiger partial charge in [-0.25, -0.2) is 4.98 Å². The average molecular weight is 485 g/mol. The molecule has 0 saturated carbocycles. The van der Waals surface area contributed by atoms with Crippen LogP contribution in [-0.4, -0.2) is 33.1 Å². The van der Waals surface area contributed by atoms with Gasteiger partial charge in [-0.15, -0.1) is 0 Å². The third kappa shape index (κ3) is 5.00. The molecule has 8 nitrogen and oxygen atoms in total. The van der Waals surface area contributed by atoms with Crippen LogP contribution in [0.5, 0.6) is 5.75 Å². The van der Waals surface area contributed by atoms with Gasteiger partial charge in [-0.3, -0.25) is 9.78 Å². The van der Waals surface area contributed by atoms with Crippen molar-refractivity contribution < 1.29 is 19.1 Å². The zero-order chi connectivity index (χ0) is 25.1. The van der Waals surface area contributed by atoms with Crippen LogP contribution in [0.4, 0.5) is 0 Å². The quantitative estimate of drug-likeness (QED) is 0.350. The van der Waals surface area contributed by atoms with Gasteiger partial charge in [0.15, 0.2) is 12.2 Å². The highest BCUT2D eigenvalue weighted by Crippen LogP contribution is 2.29. The highest BCUT2D eigenvalue weighted by Gasteiger charge is 2.27. The molecule has 0 bridgehead atoms. The van der Waals surface area contributed by atoms with Crippen molar-refractivity contribution in [3.63, 3.8) is 0 Å². The molecule has 36 heavy (non-hydrogen) atoms. The summed E-state index contributed by atoms with van der Waals surface area (Å²) in [6, 6.07) is 16.8. The molecule has 1 amide bonds. The molecular formula is C28H28N4O4. The van der Waals surface area contributed by atoms with E-state index in [2.05, 4.69) is 15.3 Å². The number of amides is 1. The molecule has 0 fully saturated rings. The highest BCUT2D eigenvalue weighted by molar-refractivity contribution is 5.96. The van der Waals surface area contributed by atoms with Crippen molar-refractivity contribution in [2.75, 3.05) is 0 Å². The fourth-order valence-electron chi connectivity index (χ4n) is 4.64. The Morgan fingerprint density at radius 2 is 2.08 bits per heavy atom. The molecule has 4 N–H and O–H groups in total. The number of pyridine rings is 1. The predicted molar refractivity (Wildman–Crippen MR) is 134 cm³/mol. The molecule has 5 rings (SSSR count). The topological polar surface area (TPSA) is 124 Å². The van der Waals surface area contributed by atoms with Crippen LogP contribution in [0.2, 0.25) is 0 Å². The lowest BCUT2D eigenvalue weighted by Gasteiger charge is -2.31. The van der Waals surface area contributed by atoms with Gasteiger partial charge in [-0.1, -0.05) is 24.3 Å². The van der Waals surface area contributed by atoms with E-state index in [1.165, 1.54) is 6.39 Å². The van der Waals surface area contributed by atoms with Crippen LogP contribution in [0.25, 0.3) is 11.3 Å². The Kier molecular flexibility index (Phi) is 6.79. The zero-order valence-corrected chi connectivity index (χ0v) is 20.0. The third-order valence-corrected chi connectivity index (χ3v) is 6.65. The number of ether oxygens (including phenoxy) is 1. The summed E-state index contributed by atoms with van der Waals surface area (Å²) in [6.07, 6.45) is 3.31. The van der Waals surface area contributed by atoms with Crippen molar-refractivity contribution in [3.05, 3.63) is 101 Å². The molecule has 0 radical (unpaired) electrons. The second-order valence-corrected chi connectivity index (χ2v) is 8.95. The minimum atomic E-state index is -0.730. The lowest BCUT2D eigenvalue weighted by atomic mass is 9.87. The molecule has 4 aromatic rings. The Bertz CT molecular complexity index is 1370. The third-order valence-electron chi connectivity index (χ3n) is 6.65. The molecule has 2 aromatic heterocycles. The van der Waals surface area contributed by atoms with Gasteiger partial charge in [0.1, 0.15) is 12.4 Å². The number of hydrogen-bond acceptors (Lipinski definition) is 7. The Hall–Kier alpha value is -4.01. The van der Waals surface area contributed by atoms with Crippen LogP contribution in [0.1, 0.15) is 38.5 Å². The lowest BCUT2D eigenvalue weighted by Crippen LogP contribution is -2.45. The summed E-state index contributed by atoms with van der Waals surface area (Å²) in [5.74, 6) is 0.932. The molecule has 0 aliphatic carbocycles. The Morgan fingerprint density at radius 1 is 1.19 bits per heavy atom. The number of oxazole rings is 1. The molecule has 0 unspecified atom stereocenters. The fourth-order valence-corrected chi connectivity index (χ4v) is 4.64. The fraction of sp³-hybridized carbons (Fsp3) is 0.250. The maximum atomic E-state index is 12.2. The van der Waals surface area contributed by atoms with Crippen molar-refractivity contribution in [3.8, 4) is 17.0 Å². The summed E-state index contributed by atoms with van der Waals surface area (Å²) in [5.41, 5.74) is 11.4. The molecule has 0 saturated heterocycles. The first-order chi connectivity index (χ1) is 17.5. The van der Waals surface area contributed by atoms with Crippen LogP contribution in [-0.2, 0) is 26.0 Å². The van der Waals surface area contributed by atoms with E-state index in [1.54, 1.807) is 18.3 Å². The summed E-state index contributed by atoms with van der Waals surface area (Å²) >= 11 is 0. The molecule has 8 heteroatoms. The number of aliphatic hydroxyl groups excluding tert-OH is 1. The van der Waals surface area contributed by atoms with Gasteiger partial charge in [0.05, 0.1) is 17.5 Å². The summed E-state index contributed by atoms with van der Waals surface area (Å²) in [6.45, 7) is 2.79. The second-order valence-electron chi connectivity index (χ2n) is 8.95. The van der Waals surface area contributed by atoms with E-state index in [1.807, 2.05) is 49.4 Å². The molecule has 2 atom stereocenters. The number of nitrogens with zero attached hydrogens (tertiary/aromatic N) is 2. The first-order valence-corrected chi connectivity index (χ1v) is 11.9. The van der Waals surface area contributed by atoms with Crippen molar-refractivity contribution >= 4 is 5.91 Å². The summed E-state index contributed by atoms with van der Waals surface area (Å²) in [4.78, 5) is 20.7. The van der Waals surface area contributed by atoms with Crippen molar-refractivity contribution in [1.29, 1.82) is 0 Å². The van der Waals surface area contributed by atoms with Crippen molar-refractivity contribution in [1.82, 2.24) is 15.3 Å². The normalized spacial score (nSPS) is 15.8. The number of carbonyl (C=O) groups is 1. The second kappa shape index (κ2) is 10.3. The SMILES string of the molecule is Cc1ncoc1COc1ccc2c(c1)CN[C@H]([C@H](O)Cc1c(C(N)=O)cccc1-c1ccccn1)C2. The van der Waals surface area contributed by atoms with Gasteiger partial charge >= 0.3 is 0 Å². The number of aromatic nitrogens is 2. The summed E-state index contributed by atoms with van der Waals surface area (Å²) in [7, 11) is 0. The van der Waals surface area contributed by atoms with Gasteiger partial charge in [0.2, 0.25) is 5.91 Å². The number of aryl methyl sites for hydroxylation is 1. The number of aliphatic hydroxyl groups is 1. The molecular weight excluding hydrogens is 456 g/mol. The molecule has 3 heterocycles. The number of benzene rings is 2. The number of carbonyl (C=O) groups excluding carboxylic acids is 1. The number of nitrogens with one attached hydrogen (secondary N) is 1. The van der Waals surface area contributed by atoms with E-state index >= 15 is 0 Å².